The molecule has 0 heterocycles. The van der Waals surface area contributed by atoms with Crippen LogP contribution < -0.4 is 5.32 Å². The second-order valence-electron chi connectivity index (χ2n) is 5.98. The molecule has 1 atom stereocenters. The van der Waals surface area contributed by atoms with E-state index in [0.717, 1.165) is 5.96 Å². The molecule has 0 aliphatic carbocycles. The lowest BCUT2D eigenvalue weighted by molar-refractivity contribution is 0.0510. The zero-order valence-corrected chi connectivity index (χ0v) is 16.2. The lowest BCUT2D eigenvalue weighted by Crippen LogP contribution is -2.40. The quantitative estimate of drug-likeness (QED) is 0.447. The monoisotopic (exact) mass is 400 g/mol. The Balaban J connectivity index is 0. The number of amides is 1. The summed E-state index contributed by atoms with van der Waals surface area (Å²) in [5.74, 6) is 0.859. The van der Waals surface area contributed by atoms with Crippen LogP contribution in [0.2, 0.25) is 0 Å². The summed E-state index contributed by atoms with van der Waals surface area (Å²) < 4.78 is 5.19. The van der Waals surface area contributed by atoms with Gasteiger partial charge in [0.15, 0.2) is 5.96 Å². The van der Waals surface area contributed by atoms with Crippen molar-refractivity contribution < 1.29 is 9.53 Å². The predicted octanol–water partition coefficient (Wildman–Crippen LogP) is 2.00. The van der Waals surface area contributed by atoms with Crippen molar-refractivity contribution in [2.45, 2.75) is 39.3 Å². The molecule has 6 nitrogen and oxygen atoms in total. The number of halogens is 1. The maximum atomic E-state index is 11.6. The number of rotatable bonds is 3. The van der Waals surface area contributed by atoms with Gasteiger partial charge in [-0.05, 0) is 27.7 Å². The van der Waals surface area contributed by atoms with Crippen LogP contribution >= 0.6 is 24.0 Å². The first-order valence-electron chi connectivity index (χ1n) is 6.41. The smallest absolute Gasteiger partial charge is 0.407 e. The van der Waals surface area contributed by atoms with E-state index in [-0.39, 0.29) is 30.0 Å². The van der Waals surface area contributed by atoms with E-state index in [2.05, 4.69) is 10.3 Å². The van der Waals surface area contributed by atoms with Crippen molar-refractivity contribution >= 4 is 36.0 Å². The van der Waals surface area contributed by atoms with Gasteiger partial charge in [-0.1, -0.05) is 0 Å². The molecule has 1 unspecified atom stereocenters. The van der Waals surface area contributed by atoms with Gasteiger partial charge in [-0.2, -0.15) is 0 Å². The van der Waals surface area contributed by atoms with E-state index < -0.39 is 11.7 Å². The highest BCUT2D eigenvalue weighted by Crippen LogP contribution is 2.06. The van der Waals surface area contributed by atoms with Gasteiger partial charge in [-0.15, -0.1) is 24.0 Å². The van der Waals surface area contributed by atoms with Crippen LogP contribution in [0.25, 0.3) is 0 Å². The molecular weight excluding hydrogens is 371 g/mol. The minimum atomic E-state index is -0.481. The Labute approximate surface area is 140 Å². The summed E-state index contributed by atoms with van der Waals surface area (Å²) in [5, 5.41) is 2.76. The number of aliphatic imine (C=N–C) groups is 1. The third kappa shape index (κ3) is 10.1. The molecule has 0 spiro atoms. The minimum Gasteiger partial charge on any atom is -0.444 e. The molecule has 1 N–H and O–H groups in total. The Morgan fingerprint density at radius 2 is 1.65 bits per heavy atom. The van der Waals surface area contributed by atoms with Gasteiger partial charge >= 0.3 is 6.09 Å². The molecule has 0 aliphatic heterocycles. The predicted molar refractivity (Wildman–Crippen MR) is 93.9 cm³/mol. The summed E-state index contributed by atoms with van der Waals surface area (Å²) in [7, 11) is 7.74. The van der Waals surface area contributed by atoms with Gasteiger partial charge in [0.1, 0.15) is 5.60 Å². The number of ether oxygens (including phenoxy) is 1. The van der Waals surface area contributed by atoms with E-state index in [0.29, 0.717) is 6.54 Å². The summed E-state index contributed by atoms with van der Waals surface area (Å²) >= 11 is 0. The van der Waals surface area contributed by atoms with E-state index in [1.54, 1.807) is 0 Å². The third-order valence-electron chi connectivity index (χ3n) is 2.07. The molecule has 0 fully saturated rings. The number of guanidine groups is 1. The lowest BCUT2D eigenvalue weighted by atomic mass is 10.2. The summed E-state index contributed by atoms with van der Waals surface area (Å²) in [5.41, 5.74) is -0.481. The molecule has 0 aromatic carbocycles. The standard InChI is InChI=1S/C13H28N4O2.HI/c1-10(15-12(18)19-13(2,3)4)9-14-11(16(5)6)17(7)8;/h10H,9H2,1-8H3,(H,15,18);1H. The van der Waals surface area contributed by atoms with Crippen LogP contribution in [0.3, 0.4) is 0 Å². The number of hydrogen-bond donors (Lipinski definition) is 1. The van der Waals surface area contributed by atoms with Crippen LogP contribution in [0.5, 0.6) is 0 Å². The van der Waals surface area contributed by atoms with Crippen LogP contribution in [0.15, 0.2) is 4.99 Å². The van der Waals surface area contributed by atoms with Gasteiger partial charge in [-0.25, -0.2) is 4.79 Å². The largest absolute Gasteiger partial charge is 0.444 e. The molecule has 0 rings (SSSR count). The van der Waals surface area contributed by atoms with Crippen molar-refractivity contribution in [1.29, 1.82) is 0 Å². The van der Waals surface area contributed by atoms with Crippen LogP contribution in [0.4, 0.5) is 4.79 Å². The highest BCUT2D eigenvalue weighted by atomic mass is 127. The summed E-state index contributed by atoms with van der Waals surface area (Å²) in [4.78, 5) is 19.9. The van der Waals surface area contributed by atoms with Gasteiger partial charge < -0.3 is 19.9 Å². The Morgan fingerprint density at radius 3 is 2.00 bits per heavy atom. The molecule has 0 bridgehead atoms. The topological polar surface area (TPSA) is 57.2 Å². The molecule has 0 aliphatic rings. The third-order valence-corrected chi connectivity index (χ3v) is 2.07. The molecule has 120 valence electrons. The Bertz CT molecular complexity index is 315. The SMILES string of the molecule is CC(CN=C(N(C)C)N(C)C)NC(=O)OC(C)(C)C.I. The van der Waals surface area contributed by atoms with Crippen LogP contribution in [0.1, 0.15) is 27.7 Å². The zero-order chi connectivity index (χ0) is 15.2. The molecule has 0 aromatic rings. The summed E-state index contributed by atoms with van der Waals surface area (Å²) in [6, 6.07) is -0.0789. The van der Waals surface area contributed by atoms with E-state index in [4.69, 9.17) is 4.74 Å². The molecule has 0 saturated heterocycles. The van der Waals surface area contributed by atoms with Gasteiger partial charge in [-0.3, -0.25) is 4.99 Å². The normalized spacial score (nSPS) is 11.8. The Morgan fingerprint density at radius 1 is 1.20 bits per heavy atom. The Kier molecular flexibility index (Phi) is 9.98. The fraction of sp³-hybridized carbons (Fsp3) is 0.846. The maximum Gasteiger partial charge on any atom is 0.407 e. The first kappa shape index (κ1) is 21.6. The van der Waals surface area contributed by atoms with Gasteiger partial charge in [0, 0.05) is 34.2 Å². The van der Waals surface area contributed by atoms with Crippen molar-refractivity contribution in [2.24, 2.45) is 4.99 Å². The summed E-state index contributed by atoms with van der Waals surface area (Å²) in [6.45, 7) is 7.92. The van der Waals surface area contributed by atoms with E-state index in [9.17, 15) is 4.79 Å². The van der Waals surface area contributed by atoms with Crippen molar-refractivity contribution in [3.05, 3.63) is 0 Å². The molecular formula is C13H29IN4O2. The van der Waals surface area contributed by atoms with Gasteiger partial charge in [0.05, 0.1) is 6.54 Å². The van der Waals surface area contributed by atoms with Crippen LogP contribution in [0, 0.1) is 0 Å². The second-order valence-corrected chi connectivity index (χ2v) is 5.98. The molecule has 1 amide bonds. The molecule has 0 saturated carbocycles. The number of carbonyl (C=O) groups is 1. The number of nitrogens with one attached hydrogen (secondary N) is 1. The number of hydrogen-bond acceptors (Lipinski definition) is 3. The Hall–Kier alpha value is -0.730. The molecule has 7 heteroatoms. The van der Waals surface area contributed by atoms with Crippen molar-refractivity contribution in [1.82, 2.24) is 15.1 Å². The van der Waals surface area contributed by atoms with Crippen molar-refractivity contribution in [3.63, 3.8) is 0 Å². The molecule has 0 radical (unpaired) electrons. The zero-order valence-electron chi connectivity index (χ0n) is 13.9. The van der Waals surface area contributed by atoms with Crippen molar-refractivity contribution in [2.75, 3.05) is 34.7 Å². The fourth-order valence-electron chi connectivity index (χ4n) is 1.46. The number of nitrogens with zero attached hydrogens (tertiary/aromatic N) is 3. The van der Waals surface area contributed by atoms with E-state index in [1.165, 1.54) is 0 Å². The highest BCUT2D eigenvalue weighted by Gasteiger charge is 2.17. The minimum absolute atomic E-state index is 0. The van der Waals surface area contributed by atoms with E-state index >= 15 is 0 Å². The molecule has 0 aromatic heterocycles. The average molecular weight is 400 g/mol. The summed E-state index contributed by atoms with van der Waals surface area (Å²) in [6.07, 6.45) is -0.411. The first-order chi connectivity index (χ1) is 8.53. The second kappa shape index (κ2) is 9.25. The lowest BCUT2D eigenvalue weighted by Gasteiger charge is -2.24. The first-order valence-corrected chi connectivity index (χ1v) is 6.41. The fourth-order valence-corrected chi connectivity index (χ4v) is 1.46. The van der Waals surface area contributed by atoms with Gasteiger partial charge in [0.25, 0.3) is 0 Å². The average Bonchev–Trinajstić information content (AvgIpc) is 2.12. The number of alkyl carbamates (subject to hydrolysis) is 1. The highest BCUT2D eigenvalue weighted by molar-refractivity contribution is 14.0. The maximum absolute atomic E-state index is 11.6. The molecule has 20 heavy (non-hydrogen) atoms. The van der Waals surface area contributed by atoms with Crippen LogP contribution in [-0.2, 0) is 4.74 Å². The van der Waals surface area contributed by atoms with E-state index in [1.807, 2.05) is 65.7 Å². The number of carbonyl (C=O) groups excluding carboxylic acids is 1. The van der Waals surface area contributed by atoms with Crippen molar-refractivity contribution in [3.8, 4) is 0 Å². The van der Waals surface area contributed by atoms with Gasteiger partial charge in [0.2, 0.25) is 0 Å². The van der Waals surface area contributed by atoms with Crippen LogP contribution in [-0.4, -0.2) is 68.2 Å².